The van der Waals surface area contributed by atoms with Crippen molar-refractivity contribution in [3.63, 3.8) is 0 Å². The van der Waals surface area contributed by atoms with Gasteiger partial charge in [0, 0.05) is 40.3 Å². The van der Waals surface area contributed by atoms with E-state index in [4.69, 9.17) is 0 Å². The van der Waals surface area contributed by atoms with Crippen molar-refractivity contribution in [2.24, 2.45) is 0 Å². The lowest BCUT2D eigenvalue weighted by Crippen LogP contribution is -1.92. The molecule has 0 spiro atoms. The Labute approximate surface area is 315 Å². The molecule has 2 aromatic heterocycles. The van der Waals surface area contributed by atoms with E-state index >= 15 is 0 Å². The van der Waals surface area contributed by atoms with Crippen molar-refractivity contribution in [1.82, 2.24) is 0 Å². The largest absolute Gasteiger partial charge is 0.135 e. The zero-order valence-electron chi connectivity index (χ0n) is 30.4. The van der Waals surface area contributed by atoms with Crippen LogP contribution in [-0.4, -0.2) is 0 Å². The normalized spacial score (nSPS) is 12.0. The van der Waals surface area contributed by atoms with E-state index in [-0.39, 0.29) is 0 Å². The summed E-state index contributed by atoms with van der Waals surface area (Å²) in [5.41, 5.74) is 8.62. The second-order valence-electron chi connectivity index (χ2n) is 14.9. The van der Waals surface area contributed by atoms with E-state index in [9.17, 15) is 0 Å². The summed E-state index contributed by atoms with van der Waals surface area (Å²) in [5.74, 6) is 0. The fourth-order valence-electron chi connectivity index (χ4n) is 8.02. The second-order valence-corrected chi connectivity index (χ2v) is 17.1. The SMILES string of the molecule is CCCCc1ccc(CCc2ccc3cc4c(cc3c2)sc2cc3c(cc24)sc2cc4cc(CCc5ccc(CCCC)cc5)ccc4cc23)cc1. The Balaban J connectivity index is 0.961. The molecule has 9 rings (SSSR count). The van der Waals surface area contributed by atoms with Crippen molar-refractivity contribution in [2.45, 2.75) is 78.1 Å². The van der Waals surface area contributed by atoms with E-state index in [0.29, 0.717) is 0 Å². The van der Waals surface area contributed by atoms with Gasteiger partial charge in [0.1, 0.15) is 0 Å². The highest BCUT2D eigenvalue weighted by Gasteiger charge is 2.13. The number of fused-ring (bicyclic) bond motifs is 8. The quantitative estimate of drug-likeness (QED) is 0.118. The van der Waals surface area contributed by atoms with Crippen LogP contribution in [0.2, 0.25) is 0 Å². The molecule has 2 heteroatoms. The molecule has 2 heterocycles. The van der Waals surface area contributed by atoms with Crippen molar-refractivity contribution < 1.29 is 0 Å². The molecule has 0 aliphatic rings. The number of benzene rings is 7. The molecular weight excluding hydrogens is 665 g/mol. The van der Waals surface area contributed by atoms with Gasteiger partial charge in [0.2, 0.25) is 0 Å². The van der Waals surface area contributed by atoms with Gasteiger partial charge in [-0.3, -0.25) is 0 Å². The number of unbranched alkanes of at least 4 members (excludes halogenated alkanes) is 2. The van der Waals surface area contributed by atoms with E-state index in [1.165, 1.54) is 134 Å². The lowest BCUT2D eigenvalue weighted by atomic mass is 9.98. The molecule has 7 aromatic carbocycles. The molecule has 0 nitrogen and oxygen atoms in total. The lowest BCUT2D eigenvalue weighted by molar-refractivity contribution is 0.794. The van der Waals surface area contributed by atoms with Gasteiger partial charge in [0.25, 0.3) is 0 Å². The first-order valence-corrected chi connectivity index (χ1v) is 21.1. The van der Waals surface area contributed by atoms with Gasteiger partial charge in [-0.15, -0.1) is 22.7 Å². The third-order valence-electron chi connectivity index (χ3n) is 11.2. The zero-order chi connectivity index (χ0) is 35.0. The van der Waals surface area contributed by atoms with Gasteiger partial charge in [-0.05, 0) is 143 Å². The van der Waals surface area contributed by atoms with E-state index in [0.717, 1.165) is 25.7 Å². The molecular formula is C50H46S2. The van der Waals surface area contributed by atoms with Crippen LogP contribution in [0, 0.1) is 0 Å². The third-order valence-corrected chi connectivity index (χ3v) is 13.4. The third kappa shape index (κ3) is 6.75. The van der Waals surface area contributed by atoms with Gasteiger partial charge in [0.05, 0.1) is 0 Å². The maximum atomic E-state index is 2.46. The number of thiophene rings is 2. The summed E-state index contributed by atoms with van der Waals surface area (Å²) in [5, 5.41) is 10.9. The molecule has 0 atom stereocenters. The zero-order valence-corrected chi connectivity index (χ0v) is 32.1. The second kappa shape index (κ2) is 14.5. The van der Waals surface area contributed by atoms with Gasteiger partial charge in [-0.25, -0.2) is 0 Å². The minimum Gasteiger partial charge on any atom is -0.135 e. The Kier molecular flexibility index (Phi) is 9.29. The van der Waals surface area contributed by atoms with Crippen LogP contribution in [-0.2, 0) is 38.5 Å². The lowest BCUT2D eigenvalue weighted by Gasteiger charge is -2.07. The summed E-state index contributed by atoms with van der Waals surface area (Å²) in [6.45, 7) is 4.53. The molecule has 258 valence electrons. The summed E-state index contributed by atoms with van der Waals surface area (Å²) in [6, 6.07) is 47.5. The first-order valence-electron chi connectivity index (χ1n) is 19.4. The van der Waals surface area contributed by atoms with Gasteiger partial charge >= 0.3 is 0 Å². The Morgan fingerprint density at radius 2 is 0.635 bits per heavy atom. The predicted octanol–water partition coefficient (Wildman–Crippen LogP) is 15.0. The van der Waals surface area contributed by atoms with Crippen LogP contribution in [0.5, 0.6) is 0 Å². The van der Waals surface area contributed by atoms with Crippen molar-refractivity contribution >= 4 is 84.6 Å². The monoisotopic (exact) mass is 710 g/mol. The Bertz CT molecular complexity index is 2500. The maximum absolute atomic E-state index is 2.46. The minimum absolute atomic E-state index is 1.07. The van der Waals surface area contributed by atoms with E-state index in [1.54, 1.807) is 0 Å². The van der Waals surface area contributed by atoms with Crippen LogP contribution in [0.1, 0.15) is 72.9 Å². The predicted molar refractivity (Wildman–Crippen MR) is 232 cm³/mol. The summed E-state index contributed by atoms with van der Waals surface area (Å²) in [6.07, 6.45) is 11.7. The highest BCUT2D eigenvalue weighted by Crippen LogP contribution is 2.43. The maximum Gasteiger partial charge on any atom is 0.0362 e. The van der Waals surface area contributed by atoms with Crippen LogP contribution < -0.4 is 0 Å². The molecule has 0 saturated heterocycles. The fraction of sp³-hybridized carbons (Fsp3) is 0.240. The highest BCUT2D eigenvalue weighted by molar-refractivity contribution is 7.27. The molecule has 9 aromatic rings. The standard InChI is InChI=1S/C50H46S2/c1-3-5-7-33-9-13-35(14-10-33)17-19-37-21-23-39-27-43-45-31-50-46(32-49(45)51-47(43)29-41(39)25-37)44-28-40-24-22-38(26-42(40)30-48(44)52-50)20-18-36-15-11-34(12-16-36)8-6-4-2/h9-16,21-32H,3-8,17-20H2,1-2H3. The number of rotatable bonds is 12. The Morgan fingerprint density at radius 1 is 0.308 bits per heavy atom. The Hall–Kier alpha value is -4.50. The van der Waals surface area contributed by atoms with Crippen molar-refractivity contribution in [2.75, 3.05) is 0 Å². The summed E-state index contributed by atoms with van der Waals surface area (Å²) < 4.78 is 5.53. The van der Waals surface area contributed by atoms with Crippen molar-refractivity contribution in [3.8, 4) is 0 Å². The van der Waals surface area contributed by atoms with Gasteiger partial charge in [-0.2, -0.15) is 0 Å². The Morgan fingerprint density at radius 3 is 1.04 bits per heavy atom. The number of hydrogen-bond donors (Lipinski definition) is 0. The molecule has 0 aliphatic carbocycles. The van der Waals surface area contributed by atoms with E-state index in [2.05, 4.69) is 135 Å². The van der Waals surface area contributed by atoms with Crippen LogP contribution >= 0.6 is 22.7 Å². The average molecular weight is 711 g/mol. The van der Waals surface area contributed by atoms with Crippen molar-refractivity contribution in [1.29, 1.82) is 0 Å². The summed E-state index contributed by atoms with van der Waals surface area (Å²) in [7, 11) is 0. The molecule has 0 unspecified atom stereocenters. The van der Waals surface area contributed by atoms with Crippen LogP contribution in [0.3, 0.4) is 0 Å². The minimum atomic E-state index is 1.07. The molecule has 0 N–H and O–H groups in total. The molecule has 0 saturated carbocycles. The number of hydrogen-bond acceptors (Lipinski definition) is 2. The highest BCUT2D eigenvalue weighted by atomic mass is 32.1. The average Bonchev–Trinajstić information content (AvgIpc) is 3.71. The smallest absolute Gasteiger partial charge is 0.0362 e. The molecule has 0 aliphatic heterocycles. The summed E-state index contributed by atoms with van der Waals surface area (Å²) in [4.78, 5) is 0. The fourth-order valence-corrected chi connectivity index (χ4v) is 10.3. The van der Waals surface area contributed by atoms with Gasteiger partial charge in [-0.1, -0.05) is 112 Å². The first kappa shape index (κ1) is 33.3. The van der Waals surface area contributed by atoms with E-state index < -0.39 is 0 Å². The van der Waals surface area contributed by atoms with Gasteiger partial charge < -0.3 is 0 Å². The molecule has 0 radical (unpaired) electrons. The first-order chi connectivity index (χ1) is 25.6. The molecule has 0 amide bonds. The van der Waals surface area contributed by atoms with Crippen molar-refractivity contribution in [3.05, 3.63) is 155 Å². The topological polar surface area (TPSA) is 0 Å². The van der Waals surface area contributed by atoms with E-state index in [1.807, 2.05) is 22.7 Å². The summed E-state index contributed by atoms with van der Waals surface area (Å²) >= 11 is 3.89. The van der Waals surface area contributed by atoms with Crippen LogP contribution in [0.15, 0.2) is 121 Å². The molecule has 52 heavy (non-hydrogen) atoms. The van der Waals surface area contributed by atoms with Crippen LogP contribution in [0.25, 0.3) is 61.9 Å². The number of aryl methyl sites for hydroxylation is 6. The molecule has 0 fully saturated rings. The van der Waals surface area contributed by atoms with Crippen LogP contribution in [0.4, 0.5) is 0 Å². The van der Waals surface area contributed by atoms with Gasteiger partial charge in [0.15, 0.2) is 0 Å². The molecule has 0 bridgehead atoms.